The van der Waals surface area contributed by atoms with Crippen LogP contribution in [0.4, 0.5) is 0 Å². The van der Waals surface area contributed by atoms with Crippen LogP contribution in [0.15, 0.2) is 0 Å². The summed E-state index contributed by atoms with van der Waals surface area (Å²) in [6.45, 7) is 0.354. The van der Waals surface area contributed by atoms with Gasteiger partial charge in [-0.3, -0.25) is 0 Å². The monoisotopic (exact) mass is 253 g/mol. The number of aliphatic hydroxyl groups excluding tert-OH is 5. The number of aliphatic hydroxyl groups is 5. The third-order valence-electron chi connectivity index (χ3n) is 2.56. The van der Waals surface area contributed by atoms with E-state index in [1.165, 1.54) is 0 Å². The third kappa shape index (κ3) is 3.57. The molecule has 0 amide bonds. The maximum absolute atomic E-state index is 9.64. The molecule has 1 fully saturated rings. The summed E-state index contributed by atoms with van der Waals surface area (Å²) in [5.41, 5.74) is 5.18. The fourth-order valence-corrected chi connectivity index (χ4v) is 1.59. The minimum absolute atomic E-state index is 0.158. The van der Waals surface area contributed by atoms with Crippen LogP contribution in [-0.4, -0.2) is 82.1 Å². The summed E-state index contributed by atoms with van der Waals surface area (Å²) < 4.78 is 9.76. The molecule has 0 radical (unpaired) electrons. The maximum Gasteiger partial charge on any atom is 0.184 e. The van der Waals surface area contributed by atoms with E-state index in [2.05, 4.69) is 0 Å². The SMILES string of the molecule is NCCOCC(O)[C@H]1O[C@@H](O)[C@@H](O)[C@@H](O)[C@@H]1O. The van der Waals surface area contributed by atoms with Crippen LogP contribution >= 0.6 is 0 Å². The molecule has 0 aliphatic carbocycles. The molecule has 1 aliphatic heterocycles. The molecule has 1 aliphatic rings. The van der Waals surface area contributed by atoms with E-state index in [0.29, 0.717) is 0 Å². The van der Waals surface area contributed by atoms with Gasteiger partial charge in [0.1, 0.15) is 30.5 Å². The summed E-state index contributed by atoms with van der Waals surface area (Å²) in [5, 5.41) is 47.1. The predicted octanol–water partition coefficient (Wildman–Crippen LogP) is -3.88. The summed E-state index contributed by atoms with van der Waals surface area (Å²) in [6.07, 6.45) is -8.85. The average molecular weight is 253 g/mol. The molecular formula is C9H19NO7. The molecule has 0 bridgehead atoms. The first-order chi connectivity index (χ1) is 7.99. The molecule has 0 aromatic heterocycles. The Morgan fingerprint density at radius 1 is 1.12 bits per heavy atom. The highest BCUT2D eigenvalue weighted by Crippen LogP contribution is 2.22. The van der Waals surface area contributed by atoms with Crippen LogP contribution in [0.1, 0.15) is 0 Å². The van der Waals surface area contributed by atoms with E-state index < -0.39 is 36.8 Å². The van der Waals surface area contributed by atoms with E-state index in [1.807, 2.05) is 0 Å². The van der Waals surface area contributed by atoms with Crippen molar-refractivity contribution in [1.82, 2.24) is 0 Å². The molecule has 8 nitrogen and oxygen atoms in total. The molecular weight excluding hydrogens is 234 g/mol. The van der Waals surface area contributed by atoms with Crippen LogP contribution in [0.3, 0.4) is 0 Å². The lowest BCUT2D eigenvalue weighted by Crippen LogP contribution is -2.61. The Bertz CT molecular complexity index is 229. The Morgan fingerprint density at radius 3 is 2.35 bits per heavy atom. The van der Waals surface area contributed by atoms with Gasteiger partial charge < -0.3 is 40.7 Å². The van der Waals surface area contributed by atoms with Gasteiger partial charge >= 0.3 is 0 Å². The highest BCUT2D eigenvalue weighted by molar-refractivity contribution is 4.91. The fourth-order valence-electron chi connectivity index (χ4n) is 1.59. The number of hydrogen-bond acceptors (Lipinski definition) is 8. The van der Waals surface area contributed by atoms with Gasteiger partial charge in [-0.1, -0.05) is 0 Å². The van der Waals surface area contributed by atoms with Gasteiger partial charge in [0.25, 0.3) is 0 Å². The second kappa shape index (κ2) is 6.57. The number of nitrogens with two attached hydrogens (primary N) is 1. The molecule has 0 aromatic carbocycles. The van der Waals surface area contributed by atoms with Gasteiger partial charge in [0.2, 0.25) is 0 Å². The largest absolute Gasteiger partial charge is 0.388 e. The van der Waals surface area contributed by atoms with Crippen LogP contribution in [0, 0.1) is 0 Å². The molecule has 0 spiro atoms. The normalized spacial score (nSPS) is 40.2. The van der Waals surface area contributed by atoms with Crippen LogP contribution in [0.2, 0.25) is 0 Å². The first kappa shape index (κ1) is 14.7. The Kier molecular flexibility index (Phi) is 5.70. The van der Waals surface area contributed by atoms with E-state index in [-0.39, 0.29) is 19.8 Å². The van der Waals surface area contributed by atoms with Crippen molar-refractivity contribution in [3.8, 4) is 0 Å². The lowest BCUT2D eigenvalue weighted by molar-refractivity contribution is -0.299. The minimum atomic E-state index is -1.66. The third-order valence-corrected chi connectivity index (χ3v) is 2.56. The average Bonchev–Trinajstić information content (AvgIpc) is 2.31. The lowest BCUT2D eigenvalue weighted by Gasteiger charge is -2.40. The second-order valence-electron chi connectivity index (χ2n) is 3.89. The molecule has 6 atom stereocenters. The van der Waals surface area contributed by atoms with Gasteiger partial charge in [0.15, 0.2) is 6.29 Å². The van der Waals surface area contributed by atoms with Crippen molar-refractivity contribution in [2.75, 3.05) is 19.8 Å². The highest BCUT2D eigenvalue weighted by Gasteiger charge is 2.45. The van der Waals surface area contributed by atoms with E-state index in [1.54, 1.807) is 0 Å². The van der Waals surface area contributed by atoms with Crippen LogP contribution in [0.5, 0.6) is 0 Å². The lowest BCUT2D eigenvalue weighted by atomic mass is 9.96. The zero-order valence-electron chi connectivity index (χ0n) is 9.22. The van der Waals surface area contributed by atoms with Gasteiger partial charge in [0, 0.05) is 6.54 Å². The van der Waals surface area contributed by atoms with Gasteiger partial charge in [0.05, 0.1) is 13.2 Å². The van der Waals surface area contributed by atoms with Crippen molar-refractivity contribution >= 4 is 0 Å². The Hall–Kier alpha value is -0.320. The fraction of sp³-hybridized carbons (Fsp3) is 1.00. The Balaban J connectivity index is 2.51. The van der Waals surface area contributed by atoms with Crippen molar-refractivity contribution in [3.05, 3.63) is 0 Å². The number of ether oxygens (including phenoxy) is 2. The molecule has 1 saturated heterocycles. The van der Waals surface area contributed by atoms with Crippen molar-refractivity contribution in [1.29, 1.82) is 0 Å². The molecule has 1 rings (SSSR count). The molecule has 0 aromatic rings. The van der Waals surface area contributed by atoms with Crippen LogP contribution < -0.4 is 5.73 Å². The Morgan fingerprint density at radius 2 is 1.76 bits per heavy atom. The molecule has 8 heteroatoms. The van der Waals surface area contributed by atoms with E-state index in [9.17, 15) is 25.5 Å². The van der Waals surface area contributed by atoms with E-state index in [4.69, 9.17) is 15.2 Å². The molecule has 0 saturated carbocycles. The second-order valence-corrected chi connectivity index (χ2v) is 3.89. The Labute approximate surface area is 98.2 Å². The number of hydrogen-bond donors (Lipinski definition) is 6. The smallest absolute Gasteiger partial charge is 0.184 e. The van der Waals surface area contributed by atoms with Crippen molar-refractivity contribution in [2.24, 2.45) is 5.73 Å². The van der Waals surface area contributed by atoms with E-state index in [0.717, 1.165) is 0 Å². The van der Waals surface area contributed by atoms with Gasteiger partial charge in [-0.15, -0.1) is 0 Å². The number of rotatable bonds is 5. The summed E-state index contributed by atoms with van der Waals surface area (Å²) in [5.74, 6) is 0. The first-order valence-corrected chi connectivity index (χ1v) is 5.32. The van der Waals surface area contributed by atoms with Gasteiger partial charge in [-0.05, 0) is 0 Å². The van der Waals surface area contributed by atoms with Crippen molar-refractivity contribution < 1.29 is 35.0 Å². The van der Waals surface area contributed by atoms with E-state index >= 15 is 0 Å². The van der Waals surface area contributed by atoms with Gasteiger partial charge in [-0.2, -0.15) is 0 Å². The molecule has 102 valence electrons. The molecule has 1 unspecified atom stereocenters. The summed E-state index contributed by atoms with van der Waals surface area (Å²) in [6, 6.07) is 0. The summed E-state index contributed by atoms with van der Waals surface area (Å²) >= 11 is 0. The highest BCUT2D eigenvalue weighted by atomic mass is 16.6. The van der Waals surface area contributed by atoms with Crippen molar-refractivity contribution in [2.45, 2.75) is 36.8 Å². The minimum Gasteiger partial charge on any atom is -0.388 e. The van der Waals surface area contributed by atoms with Crippen LogP contribution in [0.25, 0.3) is 0 Å². The molecule has 7 N–H and O–H groups in total. The molecule has 17 heavy (non-hydrogen) atoms. The van der Waals surface area contributed by atoms with Crippen LogP contribution in [-0.2, 0) is 9.47 Å². The molecule has 1 heterocycles. The zero-order valence-corrected chi connectivity index (χ0v) is 9.22. The van der Waals surface area contributed by atoms with Gasteiger partial charge in [-0.25, -0.2) is 0 Å². The summed E-state index contributed by atoms with van der Waals surface area (Å²) in [7, 11) is 0. The predicted molar refractivity (Wildman–Crippen MR) is 54.8 cm³/mol. The first-order valence-electron chi connectivity index (χ1n) is 5.32. The van der Waals surface area contributed by atoms with Crippen molar-refractivity contribution in [3.63, 3.8) is 0 Å². The standard InChI is InChI=1S/C9H19NO7/c10-1-2-16-3-4(11)8-6(13)5(12)7(14)9(15)17-8/h4-9,11-15H,1-3,10H2/t4?,5-,6-,7-,8+,9+/m0/s1. The quantitative estimate of drug-likeness (QED) is 0.273. The summed E-state index contributed by atoms with van der Waals surface area (Å²) in [4.78, 5) is 0. The maximum atomic E-state index is 9.64. The zero-order chi connectivity index (χ0) is 13.0. The topological polar surface area (TPSA) is 146 Å².